The lowest BCUT2D eigenvalue weighted by atomic mass is 10.1. The fourth-order valence-corrected chi connectivity index (χ4v) is 2.58. The molecule has 2 amide bonds. The van der Waals surface area contributed by atoms with Crippen molar-refractivity contribution in [2.24, 2.45) is 0 Å². The molecular formula is C20H20N2O4. The Kier molecular flexibility index (Phi) is 5.66. The van der Waals surface area contributed by atoms with Gasteiger partial charge in [-0.25, -0.2) is 0 Å². The molecule has 0 aliphatic rings. The van der Waals surface area contributed by atoms with Crippen LogP contribution in [-0.4, -0.2) is 32.1 Å². The Hall–Kier alpha value is -3.12. The third-order valence-electron chi connectivity index (χ3n) is 3.88. The fourth-order valence-electron chi connectivity index (χ4n) is 2.58. The lowest BCUT2D eigenvalue weighted by Gasteiger charge is -2.10. The van der Waals surface area contributed by atoms with Gasteiger partial charge in [0.1, 0.15) is 5.58 Å². The number of methoxy groups -OCH3 is 1. The van der Waals surface area contributed by atoms with Crippen molar-refractivity contribution >= 4 is 28.5 Å². The molecule has 0 radical (unpaired) electrons. The van der Waals surface area contributed by atoms with Crippen LogP contribution in [-0.2, 0) is 4.74 Å². The third-order valence-corrected chi connectivity index (χ3v) is 3.88. The second-order valence-corrected chi connectivity index (χ2v) is 5.75. The summed E-state index contributed by atoms with van der Waals surface area (Å²) in [5, 5.41) is 6.42. The molecule has 3 aromatic rings. The molecule has 2 aromatic carbocycles. The first-order chi connectivity index (χ1) is 12.7. The number of anilines is 1. The van der Waals surface area contributed by atoms with Crippen molar-refractivity contribution in [3.8, 4) is 0 Å². The van der Waals surface area contributed by atoms with Gasteiger partial charge in [-0.3, -0.25) is 9.59 Å². The van der Waals surface area contributed by atoms with Gasteiger partial charge >= 0.3 is 0 Å². The van der Waals surface area contributed by atoms with Crippen LogP contribution in [0.15, 0.2) is 59.0 Å². The number of hydrogen-bond acceptors (Lipinski definition) is 4. The molecule has 134 valence electrons. The highest BCUT2D eigenvalue weighted by atomic mass is 16.5. The van der Waals surface area contributed by atoms with E-state index < -0.39 is 5.91 Å². The topological polar surface area (TPSA) is 80.6 Å². The second-order valence-electron chi connectivity index (χ2n) is 5.75. The van der Waals surface area contributed by atoms with Crippen molar-refractivity contribution in [2.75, 3.05) is 25.6 Å². The van der Waals surface area contributed by atoms with Gasteiger partial charge in [0, 0.05) is 25.6 Å². The first-order valence-electron chi connectivity index (χ1n) is 8.35. The van der Waals surface area contributed by atoms with Gasteiger partial charge in [0.15, 0.2) is 5.76 Å². The normalized spacial score (nSPS) is 10.7. The molecule has 0 atom stereocenters. The van der Waals surface area contributed by atoms with Gasteiger partial charge in [0.25, 0.3) is 11.8 Å². The summed E-state index contributed by atoms with van der Waals surface area (Å²) in [6.07, 6.45) is 0.718. The zero-order chi connectivity index (χ0) is 18.4. The number of para-hydroxylation sites is 2. The van der Waals surface area contributed by atoms with E-state index in [1.54, 1.807) is 43.5 Å². The standard InChI is InChI=1S/C20H20N2O4/c1-25-12-6-11-21-19(23)15-8-3-4-9-16(15)22-20(24)18-13-14-7-2-5-10-17(14)26-18/h2-5,7-10,13H,6,11-12H2,1H3,(H,21,23)(H,22,24). The molecule has 0 aliphatic heterocycles. The molecule has 0 saturated heterocycles. The van der Waals surface area contributed by atoms with E-state index in [0.29, 0.717) is 30.0 Å². The van der Waals surface area contributed by atoms with Crippen LogP contribution in [0.5, 0.6) is 0 Å². The van der Waals surface area contributed by atoms with E-state index >= 15 is 0 Å². The largest absolute Gasteiger partial charge is 0.451 e. The minimum Gasteiger partial charge on any atom is -0.451 e. The number of carbonyl (C=O) groups is 2. The van der Waals surface area contributed by atoms with Crippen LogP contribution in [0.1, 0.15) is 27.3 Å². The predicted octanol–water partition coefficient (Wildman–Crippen LogP) is 3.45. The fraction of sp³-hybridized carbons (Fsp3) is 0.200. The quantitative estimate of drug-likeness (QED) is 0.638. The Morgan fingerprint density at radius 1 is 1.04 bits per heavy atom. The van der Waals surface area contributed by atoms with E-state index in [1.807, 2.05) is 18.2 Å². The Morgan fingerprint density at radius 2 is 1.81 bits per heavy atom. The van der Waals surface area contributed by atoms with Crippen LogP contribution in [0.2, 0.25) is 0 Å². The maximum Gasteiger partial charge on any atom is 0.291 e. The van der Waals surface area contributed by atoms with Crippen molar-refractivity contribution in [1.82, 2.24) is 5.32 Å². The van der Waals surface area contributed by atoms with Gasteiger partial charge in [-0.1, -0.05) is 30.3 Å². The Balaban J connectivity index is 1.73. The highest BCUT2D eigenvalue weighted by Crippen LogP contribution is 2.21. The van der Waals surface area contributed by atoms with Crippen LogP contribution in [0.25, 0.3) is 11.0 Å². The molecule has 0 spiro atoms. The van der Waals surface area contributed by atoms with Crippen LogP contribution in [0.3, 0.4) is 0 Å². The summed E-state index contributed by atoms with van der Waals surface area (Å²) in [6.45, 7) is 1.07. The van der Waals surface area contributed by atoms with Gasteiger partial charge in [-0.15, -0.1) is 0 Å². The van der Waals surface area contributed by atoms with E-state index in [0.717, 1.165) is 11.8 Å². The average Bonchev–Trinajstić information content (AvgIpc) is 3.10. The molecule has 0 aliphatic carbocycles. The summed E-state index contributed by atoms with van der Waals surface area (Å²) in [6, 6.07) is 15.9. The zero-order valence-electron chi connectivity index (χ0n) is 14.5. The van der Waals surface area contributed by atoms with Gasteiger partial charge in [0.2, 0.25) is 0 Å². The first-order valence-corrected chi connectivity index (χ1v) is 8.35. The molecule has 6 nitrogen and oxygen atoms in total. The Labute approximate surface area is 151 Å². The highest BCUT2D eigenvalue weighted by Gasteiger charge is 2.16. The Morgan fingerprint density at radius 3 is 2.62 bits per heavy atom. The predicted molar refractivity (Wildman–Crippen MR) is 99.4 cm³/mol. The van der Waals surface area contributed by atoms with Gasteiger partial charge in [-0.2, -0.15) is 0 Å². The molecule has 0 saturated carbocycles. The van der Waals surface area contributed by atoms with Crippen molar-refractivity contribution in [1.29, 1.82) is 0 Å². The molecule has 1 aromatic heterocycles. The van der Waals surface area contributed by atoms with Crippen LogP contribution in [0.4, 0.5) is 5.69 Å². The van der Waals surface area contributed by atoms with E-state index in [2.05, 4.69) is 10.6 Å². The number of amides is 2. The van der Waals surface area contributed by atoms with E-state index in [9.17, 15) is 9.59 Å². The number of benzene rings is 2. The lowest BCUT2D eigenvalue weighted by Crippen LogP contribution is -2.26. The van der Waals surface area contributed by atoms with Crippen molar-refractivity contribution in [3.63, 3.8) is 0 Å². The van der Waals surface area contributed by atoms with E-state index in [-0.39, 0.29) is 11.7 Å². The van der Waals surface area contributed by atoms with Crippen molar-refractivity contribution in [2.45, 2.75) is 6.42 Å². The molecule has 0 bridgehead atoms. The smallest absolute Gasteiger partial charge is 0.291 e. The number of rotatable bonds is 7. The van der Waals surface area contributed by atoms with Gasteiger partial charge in [0.05, 0.1) is 11.3 Å². The average molecular weight is 352 g/mol. The zero-order valence-corrected chi connectivity index (χ0v) is 14.5. The summed E-state index contributed by atoms with van der Waals surface area (Å²) in [4.78, 5) is 24.9. The summed E-state index contributed by atoms with van der Waals surface area (Å²) in [7, 11) is 1.62. The number of ether oxygens (including phenoxy) is 1. The molecule has 3 rings (SSSR count). The summed E-state index contributed by atoms with van der Waals surface area (Å²) in [5.74, 6) is -0.455. The molecular weight excluding hydrogens is 332 g/mol. The summed E-state index contributed by atoms with van der Waals surface area (Å²) in [5.41, 5.74) is 1.47. The lowest BCUT2D eigenvalue weighted by molar-refractivity contribution is 0.0949. The first kappa shape index (κ1) is 17.7. The molecule has 0 unspecified atom stereocenters. The summed E-state index contributed by atoms with van der Waals surface area (Å²) < 4.78 is 10.5. The number of hydrogen-bond donors (Lipinski definition) is 2. The second kappa shape index (κ2) is 8.31. The van der Waals surface area contributed by atoms with Gasteiger partial charge in [-0.05, 0) is 30.7 Å². The summed E-state index contributed by atoms with van der Waals surface area (Å²) >= 11 is 0. The number of fused-ring (bicyclic) bond motifs is 1. The number of nitrogens with one attached hydrogen (secondary N) is 2. The molecule has 6 heteroatoms. The maximum atomic E-state index is 12.5. The van der Waals surface area contributed by atoms with Crippen LogP contribution >= 0.6 is 0 Å². The Bertz CT molecular complexity index is 884. The monoisotopic (exact) mass is 352 g/mol. The minimum absolute atomic E-state index is 0.196. The third kappa shape index (κ3) is 4.10. The minimum atomic E-state index is -0.402. The van der Waals surface area contributed by atoms with Crippen LogP contribution in [0, 0.1) is 0 Å². The molecule has 26 heavy (non-hydrogen) atoms. The molecule has 1 heterocycles. The highest BCUT2D eigenvalue weighted by molar-refractivity contribution is 6.09. The van der Waals surface area contributed by atoms with Crippen molar-refractivity contribution in [3.05, 3.63) is 65.9 Å². The van der Waals surface area contributed by atoms with Crippen LogP contribution < -0.4 is 10.6 Å². The number of carbonyl (C=O) groups excluding carboxylic acids is 2. The van der Waals surface area contributed by atoms with Gasteiger partial charge < -0.3 is 19.8 Å². The maximum absolute atomic E-state index is 12.5. The molecule has 0 fully saturated rings. The van der Waals surface area contributed by atoms with E-state index in [1.165, 1.54) is 0 Å². The van der Waals surface area contributed by atoms with Crippen molar-refractivity contribution < 1.29 is 18.7 Å². The molecule has 2 N–H and O–H groups in total. The SMILES string of the molecule is COCCCNC(=O)c1ccccc1NC(=O)c1cc2ccccc2o1. The van der Waals surface area contributed by atoms with E-state index in [4.69, 9.17) is 9.15 Å². The number of furan rings is 1.